The minimum absolute atomic E-state index is 0.0135. The van der Waals surface area contributed by atoms with E-state index in [1.54, 1.807) is 24.3 Å². The number of rotatable bonds is 10. The van der Waals surface area contributed by atoms with Crippen LogP contribution >= 0.6 is 23.1 Å². The molecule has 7 nitrogen and oxygen atoms in total. The standard InChI is InChI=1S/C30H27N3O4S2/c1-2-3-18-37-23-16-14-21(15-17-23)25-24(26(34)22-12-8-5-9-13-22)27(35)28(36)33(25)29-31-32-30(39-29)38-19-20-10-6-4-7-11-20/h4-17,25,34H,2-3,18-19H2,1H3/b26-24-. The number of hydrogen-bond donors (Lipinski definition) is 1. The van der Waals surface area contributed by atoms with E-state index < -0.39 is 17.7 Å². The van der Waals surface area contributed by atoms with E-state index in [2.05, 4.69) is 17.1 Å². The van der Waals surface area contributed by atoms with E-state index in [9.17, 15) is 14.7 Å². The third-order valence-corrected chi connectivity index (χ3v) is 8.39. The highest BCUT2D eigenvalue weighted by molar-refractivity contribution is 8.00. The van der Waals surface area contributed by atoms with Crippen molar-refractivity contribution in [3.63, 3.8) is 0 Å². The first kappa shape index (κ1) is 26.6. The zero-order chi connectivity index (χ0) is 27.2. The second-order valence-electron chi connectivity index (χ2n) is 8.93. The van der Waals surface area contributed by atoms with Gasteiger partial charge >= 0.3 is 5.91 Å². The molecule has 3 aromatic carbocycles. The highest BCUT2D eigenvalue weighted by atomic mass is 32.2. The average molecular weight is 558 g/mol. The summed E-state index contributed by atoms with van der Waals surface area (Å²) in [5.41, 5.74) is 2.27. The lowest BCUT2D eigenvalue weighted by atomic mass is 9.95. The fourth-order valence-electron chi connectivity index (χ4n) is 4.25. The van der Waals surface area contributed by atoms with Crippen LogP contribution in [0.2, 0.25) is 0 Å². The molecule has 1 fully saturated rings. The molecule has 0 radical (unpaired) electrons. The minimum atomic E-state index is -0.866. The largest absolute Gasteiger partial charge is 0.507 e. The van der Waals surface area contributed by atoms with Crippen LogP contribution in [0.15, 0.2) is 94.8 Å². The van der Waals surface area contributed by atoms with Crippen molar-refractivity contribution in [2.45, 2.75) is 35.9 Å². The molecular weight excluding hydrogens is 530 g/mol. The summed E-state index contributed by atoms with van der Waals surface area (Å²) in [5.74, 6) is -0.351. The van der Waals surface area contributed by atoms with Crippen molar-refractivity contribution in [2.24, 2.45) is 0 Å². The van der Waals surface area contributed by atoms with Crippen LogP contribution in [-0.2, 0) is 15.3 Å². The van der Waals surface area contributed by atoms with Crippen molar-refractivity contribution in [1.82, 2.24) is 10.2 Å². The van der Waals surface area contributed by atoms with Gasteiger partial charge in [0.25, 0.3) is 5.78 Å². The Morgan fingerprint density at radius 2 is 1.67 bits per heavy atom. The molecule has 1 atom stereocenters. The number of anilines is 1. The van der Waals surface area contributed by atoms with Crippen LogP contribution in [0, 0.1) is 0 Å². The van der Waals surface area contributed by atoms with Crippen LogP contribution in [0.25, 0.3) is 5.76 Å². The van der Waals surface area contributed by atoms with Gasteiger partial charge in [0.05, 0.1) is 18.2 Å². The van der Waals surface area contributed by atoms with Crippen molar-refractivity contribution in [1.29, 1.82) is 0 Å². The van der Waals surface area contributed by atoms with Crippen molar-refractivity contribution >= 4 is 45.7 Å². The normalized spacial score (nSPS) is 16.5. The minimum Gasteiger partial charge on any atom is -0.507 e. The maximum absolute atomic E-state index is 13.4. The van der Waals surface area contributed by atoms with E-state index in [0.717, 1.165) is 18.4 Å². The van der Waals surface area contributed by atoms with Crippen molar-refractivity contribution in [3.8, 4) is 5.75 Å². The van der Waals surface area contributed by atoms with Gasteiger partial charge in [0, 0.05) is 11.3 Å². The molecule has 0 bridgehead atoms. The molecule has 1 amide bonds. The molecule has 1 aromatic heterocycles. The Labute approximate surface area is 235 Å². The smallest absolute Gasteiger partial charge is 0.301 e. The zero-order valence-corrected chi connectivity index (χ0v) is 23.0. The number of hydrogen-bond acceptors (Lipinski definition) is 8. The number of amides is 1. The lowest BCUT2D eigenvalue weighted by Crippen LogP contribution is -2.29. The molecule has 1 aliphatic rings. The first-order valence-corrected chi connectivity index (χ1v) is 14.5. The Balaban J connectivity index is 1.50. The number of carbonyl (C=O) groups is 2. The van der Waals surface area contributed by atoms with Gasteiger partial charge in [-0.15, -0.1) is 10.2 Å². The summed E-state index contributed by atoms with van der Waals surface area (Å²) in [4.78, 5) is 28.1. The van der Waals surface area contributed by atoms with Crippen LogP contribution in [0.1, 0.15) is 42.5 Å². The predicted molar refractivity (Wildman–Crippen MR) is 154 cm³/mol. The number of aromatic nitrogens is 2. The van der Waals surface area contributed by atoms with E-state index in [1.807, 2.05) is 60.7 Å². The summed E-state index contributed by atoms with van der Waals surface area (Å²) in [6, 6.07) is 25.1. The lowest BCUT2D eigenvalue weighted by Gasteiger charge is -2.22. The van der Waals surface area contributed by atoms with Gasteiger partial charge in [-0.2, -0.15) is 0 Å². The highest BCUT2D eigenvalue weighted by Crippen LogP contribution is 2.44. The molecule has 1 aliphatic heterocycles. The van der Waals surface area contributed by atoms with Crippen LogP contribution in [-0.4, -0.2) is 33.6 Å². The molecule has 0 aliphatic carbocycles. The van der Waals surface area contributed by atoms with Crippen molar-refractivity contribution in [3.05, 3.63) is 107 Å². The Hall–Kier alpha value is -3.95. The topological polar surface area (TPSA) is 92.6 Å². The van der Waals surface area contributed by atoms with Gasteiger partial charge in [0.1, 0.15) is 11.5 Å². The molecule has 0 saturated carbocycles. The number of nitrogens with zero attached hydrogens (tertiary/aromatic N) is 3. The number of Topliss-reactive ketones (excluding diaryl/α,β-unsaturated/α-hetero) is 1. The Morgan fingerprint density at radius 3 is 2.36 bits per heavy atom. The number of carbonyl (C=O) groups excluding carboxylic acids is 2. The summed E-state index contributed by atoms with van der Waals surface area (Å²) >= 11 is 2.76. The van der Waals surface area contributed by atoms with Gasteiger partial charge in [-0.05, 0) is 29.7 Å². The van der Waals surface area contributed by atoms with Crippen LogP contribution < -0.4 is 9.64 Å². The summed E-state index contributed by atoms with van der Waals surface area (Å²) in [6.07, 6.45) is 1.97. The van der Waals surface area contributed by atoms with Crippen LogP contribution in [0.4, 0.5) is 5.13 Å². The van der Waals surface area contributed by atoms with E-state index in [-0.39, 0.29) is 11.3 Å². The summed E-state index contributed by atoms with van der Waals surface area (Å²) in [6.45, 7) is 2.71. The number of aliphatic hydroxyl groups excluding tert-OH is 1. The van der Waals surface area contributed by atoms with E-state index in [0.29, 0.717) is 38.7 Å². The quantitative estimate of drug-likeness (QED) is 0.0584. The van der Waals surface area contributed by atoms with Crippen LogP contribution in [0.5, 0.6) is 5.75 Å². The molecule has 1 N–H and O–H groups in total. The maximum atomic E-state index is 13.4. The van der Waals surface area contributed by atoms with Gasteiger partial charge in [-0.1, -0.05) is 109 Å². The molecule has 9 heteroatoms. The molecular formula is C30H27N3O4S2. The molecule has 1 saturated heterocycles. The van der Waals surface area contributed by atoms with E-state index in [1.165, 1.54) is 28.0 Å². The highest BCUT2D eigenvalue weighted by Gasteiger charge is 2.48. The fourth-order valence-corrected chi connectivity index (χ4v) is 6.08. The molecule has 5 rings (SSSR count). The SMILES string of the molecule is CCCCOc1ccc(C2/C(=C(/O)c3ccccc3)C(=O)C(=O)N2c2nnc(SCc3ccccc3)s2)cc1. The van der Waals surface area contributed by atoms with Gasteiger partial charge < -0.3 is 9.84 Å². The summed E-state index contributed by atoms with van der Waals surface area (Å²) in [7, 11) is 0. The van der Waals surface area contributed by atoms with Gasteiger partial charge in [0.2, 0.25) is 5.13 Å². The first-order valence-electron chi connectivity index (χ1n) is 12.7. The van der Waals surface area contributed by atoms with Crippen molar-refractivity contribution < 1.29 is 19.4 Å². The lowest BCUT2D eigenvalue weighted by molar-refractivity contribution is -0.132. The molecule has 0 spiro atoms. The maximum Gasteiger partial charge on any atom is 0.301 e. The average Bonchev–Trinajstić information content (AvgIpc) is 3.55. The molecule has 198 valence electrons. The number of benzene rings is 3. The van der Waals surface area contributed by atoms with Crippen molar-refractivity contribution in [2.75, 3.05) is 11.5 Å². The molecule has 2 heterocycles. The molecule has 1 unspecified atom stereocenters. The van der Waals surface area contributed by atoms with E-state index >= 15 is 0 Å². The second kappa shape index (κ2) is 12.3. The Bertz CT molecular complexity index is 1470. The van der Waals surface area contributed by atoms with Gasteiger partial charge in [0.15, 0.2) is 4.34 Å². The number of ether oxygens (including phenoxy) is 1. The third-order valence-electron chi connectivity index (χ3n) is 6.26. The second-order valence-corrected chi connectivity index (χ2v) is 11.1. The van der Waals surface area contributed by atoms with E-state index in [4.69, 9.17) is 4.74 Å². The van der Waals surface area contributed by atoms with Gasteiger partial charge in [-0.3, -0.25) is 14.5 Å². The summed E-state index contributed by atoms with van der Waals surface area (Å²) < 4.78 is 6.47. The monoisotopic (exact) mass is 557 g/mol. The number of ketones is 1. The van der Waals surface area contributed by atoms with Crippen LogP contribution in [0.3, 0.4) is 0 Å². The number of unbranched alkanes of at least 4 members (excludes halogenated alkanes) is 1. The Morgan fingerprint density at radius 1 is 0.974 bits per heavy atom. The third kappa shape index (κ3) is 5.89. The summed E-state index contributed by atoms with van der Waals surface area (Å²) in [5, 5.41) is 20.1. The fraction of sp³-hybridized carbons (Fsp3) is 0.200. The van der Waals surface area contributed by atoms with Gasteiger partial charge in [-0.25, -0.2) is 0 Å². The predicted octanol–water partition coefficient (Wildman–Crippen LogP) is 6.64. The molecule has 39 heavy (non-hydrogen) atoms. The first-order chi connectivity index (χ1) is 19.1. The molecule has 4 aromatic rings. The number of thioether (sulfide) groups is 1. The Kier molecular flexibility index (Phi) is 8.39. The number of aliphatic hydroxyl groups is 1. The zero-order valence-electron chi connectivity index (χ0n) is 21.3.